The summed E-state index contributed by atoms with van der Waals surface area (Å²) in [5.41, 5.74) is 7.90. The van der Waals surface area contributed by atoms with E-state index >= 15 is 0 Å². The molecule has 6 heteroatoms. The number of amides is 1. The molecular formula is C19H25ClN2O2S. The van der Waals surface area contributed by atoms with Gasteiger partial charge < -0.3 is 15.8 Å². The van der Waals surface area contributed by atoms with E-state index in [1.54, 1.807) is 18.4 Å². The number of rotatable bonds is 5. The summed E-state index contributed by atoms with van der Waals surface area (Å²) < 4.78 is 5.19. The molecule has 1 heterocycles. The Morgan fingerprint density at radius 3 is 2.52 bits per heavy atom. The van der Waals surface area contributed by atoms with Gasteiger partial charge in [0, 0.05) is 4.88 Å². The van der Waals surface area contributed by atoms with Crippen molar-refractivity contribution in [3.8, 4) is 16.9 Å². The van der Waals surface area contributed by atoms with E-state index in [1.165, 1.54) is 6.42 Å². The second kappa shape index (κ2) is 8.70. The highest BCUT2D eigenvalue weighted by Gasteiger charge is 2.34. The molecule has 1 saturated carbocycles. The number of nitrogens with two attached hydrogens (primary N) is 1. The Labute approximate surface area is 159 Å². The van der Waals surface area contributed by atoms with Crippen molar-refractivity contribution >= 4 is 29.7 Å². The Hall–Kier alpha value is -1.56. The number of halogens is 1. The standard InChI is InChI=1S/C19H24N2O2S.ClH/c1-23-16-7-5-14(6-8-16)15-11-17(24-13-15)12-21-18(22)19(20)9-3-2-4-10-19;/h5-8,11,13H,2-4,9-10,12,20H2,1H3,(H,21,22);1H. The van der Waals surface area contributed by atoms with Crippen molar-refractivity contribution in [2.45, 2.75) is 44.2 Å². The van der Waals surface area contributed by atoms with Gasteiger partial charge in [0.2, 0.25) is 5.91 Å². The largest absolute Gasteiger partial charge is 0.497 e. The van der Waals surface area contributed by atoms with Gasteiger partial charge in [-0.05, 0) is 47.5 Å². The third-order valence-corrected chi connectivity index (χ3v) is 5.63. The fraction of sp³-hybridized carbons (Fsp3) is 0.421. The number of methoxy groups -OCH3 is 1. The van der Waals surface area contributed by atoms with Crippen molar-refractivity contribution in [3.05, 3.63) is 40.6 Å². The average molecular weight is 381 g/mol. The number of hydrogen-bond donors (Lipinski definition) is 2. The molecule has 1 aliphatic rings. The van der Waals surface area contributed by atoms with Crippen molar-refractivity contribution in [2.24, 2.45) is 5.73 Å². The SMILES string of the molecule is COc1ccc(-c2csc(CNC(=O)C3(N)CCCCC3)c2)cc1.Cl. The Morgan fingerprint density at radius 1 is 1.20 bits per heavy atom. The highest BCUT2D eigenvalue weighted by molar-refractivity contribution is 7.10. The van der Waals surface area contributed by atoms with Crippen LogP contribution in [0.4, 0.5) is 0 Å². The lowest BCUT2D eigenvalue weighted by atomic mass is 9.82. The van der Waals surface area contributed by atoms with Gasteiger partial charge >= 0.3 is 0 Å². The number of nitrogens with one attached hydrogen (secondary N) is 1. The smallest absolute Gasteiger partial charge is 0.240 e. The van der Waals surface area contributed by atoms with E-state index in [9.17, 15) is 4.79 Å². The molecule has 136 valence electrons. The van der Waals surface area contributed by atoms with Crippen LogP contribution in [0.1, 0.15) is 37.0 Å². The Kier molecular flexibility index (Phi) is 6.87. The van der Waals surface area contributed by atoms with Gasteiger partial charge in [-0.2, -0.15) is 0 Å². The molecule has 2 aromatic rings. The summed E-state index contributed by atoms with van der Waals surface area (Å²) in [6, 6.07) is 10.1. The molecule has 25 heavy (non-hydrogen) atoms. The Bertz CT molecular complexity index is 694. The van der Waals surface area contributed by atoms with Gasteiger partial charge in [0.1, 0.15) is 5.75 Å². The van der Waals surface area contributed by atoms with Crippen LogP contribution in [0.2, 0.25) is 0 Å². The second-order valence-electron chi connectivity index (χ2n) is 6.43. The van der Waals surface area contributed by atoms with Gasteiger partial charge in [-0.3, -0.25) is 4.79 Å². The Morgan fingerprint density at radius 2 is 1.88 bits per heavy atom. The van der Waals surface area contributed by atoms with Crippen LogP contribution in [0.15, 0.2) is 35.7 Å². The number of ether oxygens (including phenoxy) is 1. The predicted octanol–water partition coefficient (Wildman–Crippen LogP) is 4.12. The molecule has 0 radical (unpaired) electrons. The minimum atomic E-state index is -0.672. The molecule has 0 atom stereocenters. The summed E-state index contributed by atoms with van der Waals surface area (Å²) in [6.07, 6.45) is 4.86. The van der Waals surface area contributed by atoms with E-state index < -0.39 is 5.54 Å². The third-order valence-electron chi connectivity index (χ3n) is 4.70. The topological polar surface area (TPSA) is 64.3 Å². The monoisotopic (exact) mass is 380 g/mol. The normalized spacial score (nSPS) is 15.9. The van der Waals surface area contributed by atoms with Gasteiger partial charge in [0.25, 0.3) is 0 Å². The molecule has 0 saturated heterocycles. The molecule has 0 aliphatic heterocycles. The maximum Gasteiger partial charge on any atom is 0.240 e. The summed E-state index contributed by atoms with van der Waals surface area (Å²) >= 11 is 1.66. The van der Waals surface area contributed by atoms with Crippen LogP contribution < -0.4 is 15.8 Å². The Balaban J connectivity index is 0.00000225. The van der Waals surface area contributed by atoms with E-state index in [4.69, 9.17) is 10.5 Å². The number of carbonyl (C=O) groups excluding carboxylic acids is 1. The van der Waals surface area contributed by atoms with Crippen molar-refractivity contribution in [3.63, 3.8) is 0 Å². The summed E-state index contributed by atoms with van der Waals surface area (Å²) in [5, 5.41) is 5.13. The van der Waals surface area contributed by atoms with E-state index in [0.717, 1.165) is 47.4 Å². The first-order chi connectivity index (χ1) is 11.6. The first-order valence-electron chi connectivity index (χ1n) is 8.40. The fourth-order valence-corrected chi connectivity index (χ4v) is 3.99. The highest BCUT2D eigenvalue weighted by atomic mass is 35.5. The number of hydrogen-bond acceptors (Lipinski definition) is 4. The molecule has 3 rings (SSSR count). The van der Waals surface area contributed by atoms with Gasteiger partial charge in [-0.25, -0.2) is 0 Å². The van der Waals surface area contributed by atoms with Crippen LogP contribution in [0.25, 0.3) is 11.1 Å². The maximum atomic E-state index is 12.4. The number of benzene rings is 1. The zero-order chi connectivity index (χ0) is 17.0. The minimum Gasteiger partial charge on any atom is -0.497 e. The van der Waals surface area contributed by atoms with E-state index in [1.807, 2.05) is 24.3 Å². The number of thiophene rings is 1. The molecule has 3 N–H and O–H groups in total. The predicted molar refractivity (Wildman–Crippen MR) is 105 cm³/mol. The van der Waals surface area contributed by atoms with Crippen LogP contribution in [0.3, 0.4) is 0 Å². The van der Waals surface area contributed by atoms with Crippen molar-refractivity contribution in [1.29, 1.82) is 0 Å². The van der Waals surface area contributed by atoms with Gasteiger partial charge in [0.15, 0.2) is 0 Å². The molecular weight excluding hydrogens is 356 g/mol. The van der Waals surface area contributed by atoms with Crippen LogP contribution in [0.5, 0.6) is 5.75 Å². The van der Waals surface area contributed by atoms with Crippen molar-refractivity contribution in [2.75, 3.05) is 7.11 Å². The first kappa shape index (κ1) is 19.8. The minimum absolute atomic E-state index is 0. The van der Waals surface area contributed by atoms with Crippen LogP contribution in [-0.2, 0) is 11.3 Å². The summed E-state index contributed by atoms with van der Waals surface area (Å²) in [4.78, 5) is 13.5. The molecule has 0 spiro atoms. The lowest BCUT2D eigenvalue weighted by Crippen LogP contribution is -2.54. The zero-order valence-electron chi connectivity index (χ0n) is 14.4. The average Bonchev–Trinajstić information content (AvgIpc) is 3.09. The molecule has 1 amide bonds. The molecule has 0 bridgehead atoms. The van der Waals surface area contributed by atoms with Crippen LogP contribution >= 0.6 is 23.7 Å². The van der Waals surface area contributed by atoms with Crippen molar-refractivity contribution < 1.29 is 9.53 Å². The molecule has 0 unspecified atom stereocenters. The zero-order valence-corrected chi connectivity index (χ0v) is 16.1. The lowest BCUT2D eigenvalue weighted by molar-refractivity contribution is -0.127. The lowest BCUT2D eigenvalue weighted by Gasteiger charge is -2.31. The van der Waals surface area contributed by atoms with E-state index in [-0.39, 0.29) is 18.3 Å². The highest BCUT2D eigenvalue weighted by Crippen LogP contribution is 2.28. The van der Waals surface area contributed by atoms with E-state index in [2.05, 4.69) is 16.8 Å². The summed E-state index contributed by atoms with van der Waals surface area (Å²) in [5.74, 6) is 0.837. The van der Waals surface area contributed by atoms with E-state index in [0.29, 0.717) is 6.54 Å². The van der Waals surface area contributed by atoms with Crippen molar-refractivity contribution in [1.82, 2.24) is 5.32 Å². The molecule has 4 nitrogen and oxygen atoms in total. The van der Waals surface area contributed by atoms with Crippen LogP contribution in [-0.4, -0.2) is 18.6 Å². The van der Waals surface area contributed by atoms with Gasteiger partial charge in [-0.1, -0.05) is 31.4 Å². The van der Waals surface area contributed by atoms with Gasteiger partial charge in [0.05, 0.1) is 19.2 Å². The maximum absolute atomic E-state index is 12.4. The molecule has 1 fully saturated rings. The second-order valence-corrected chi connectivity index (χ2v) is 7.43. The van der Waals surface area contributed by atoms with Crippen LogP contribution in [0, 0.1) is 0 Å². The molecule has 1 aromatic carbocycles. The summed E-state index contributed by atoms with van der Waals surface area (Å²) in [6.45, 7) is 0.540. The number of carbonyl (C=O) groups is 1. The summed E-state index contributed by atoms with van der Waals surface area (Å²) in [7, 11) is 1.66. The quantitative estimate of drug-likeness (QED) is 0.819. The first-order valence-corrected chi connectivity index (χ1v) is 9.28. The third kappa shape index (κ3) is 4.75. The van der Waals surface area contributed by atoms with Gasteiger partial charge in [-0.15, -0.1) is 23.7 Å². The molecule has 1 aliphatic carbocycles. The molecule has 1 aromatic heterocycles. The fourth-order valence-electron chi connectivity index (χ4n) is 3.16.